The highest BCUT2D eigenvalue weighted by atomic mass is 35.5. The van der Waals surface area contributed by atoms with Crippen LogP contribution < -0.4 is 0 Å². The maximum absolute atomic E-state index is 13.4. The predicted molar refractivity (Wildman–Crippen MR) is 349 cm³/mol. The Labute approximate surface area is 560 Å². The van der Waals surface area contributed by atoms with Crippen LogP contribution in [0.2, 0.25) is 30.1 Å². The van der Waals surface area contributed by atoms with E-state index in [9.17, 15) is 39.6 Å². The van der Waals surface area contributed by atoms with E-state index in [2.05, 4.69) is 14.7 Å². The zero-order valence-corrected chi connectivity index (χ0v) is 57.9. The summed E-state index contributed by atoms with van der Waals surface area (Å²) in [7, 11) is -10.2. The van der Waals surface area contributed by atoms with Gasteiger partial charge in [-0.2, -0.15) is 12.9 Å². The van der Waals surface area contributed by atoms with Gasteiger partial charge in [-0.3, -0.25) is 29.1 Å². The van der Waals surface area contributed by atoms with Crippen molar-refractivity contribution >= 4 is 117 Å². The summed E-state index contributed by atoms with van der Waals surface area (Å²) in [6.45, 7) is 10.1. The number of likely N-dealkylation sites (tertiary alicyclic amines) is 3. The average molecular weight is 1430 g/mol. The number of halogens is 6. The van der Waals surface area contributed by atoms with Crippen molar-refractivity contribution < 1.29 is 53.8 Å². The van der Waals surface area contributed by atoms with Crippen molar-refractivity contribution in [3.63, 3.8) is 0 Å². The van der Waals surface area contributed by atoms with E-state index < -0.39 is 30.1 Å². The lowest BCUT2D eigenvalue weighted by Gasteiger charge is -2.53. The topological polar surface area (TPSA) is 210 Å². The largest absolute Gasteiger partial charge is 0.378 e. The summed E-state index contributed by atoms with van der Waals surface area (Å²) in [6, 6.07) is 13.8. The van der Waals surface area contributed by atoms with Crippen LogP contribution in [0.25, 0.3) is 0 Å². The standard InChI is InChI=1S/3C20H27Cl2N3O4S/c3*1-30(27,28)25-9-8-24(19(26)11-14-4-5-15(21)16(22)10-14)20-17(12-29-13-18(20)25)23-6-2-3-7-23/h3*4-5,10,17-18,20H,2-3,6-9,11-13H2,1H3/t3*17-,18+,20+/m100/s1. The van der Waals surface area contributed by atoms with Crippen LogP contribution in [0.4, 0.5) is 0 Å². The number of piperazine rings is 3. The molecule has 9 atom stereocenters. The lowest BCUT2D eigenvalue weighted by Crippen LogP contribution is -2.72. The Morgan fingerprint density at radius 3 is 0.811 bits per heavy atom. The van der Waals surface area contributed by atoms with E-state index in [-0.39, 0.29) is 111 Å². The van der Waals surface area contributed by atoms with Gasteiger partial charge in [0, 0.05) is 39.3 Å². The molecule has 90 heavy (non-hydrogen) atoms. The van der Waals surface area contributed by atoms with E-state index >= 15 is 0 Å². The molecule has 0 spiro atoms. The molecule has 12 rings (SSSR count). The van der Waals surface area contributed by atoms with Crippen LogP contribution in [-0.2, 0) is 77.9 Å². The molecule has 0 aromatic heterocycles. The van der Waals surface area contributed by atoms with Gasteiger partial charge in [0.1, 0.15) is 0 Å². The molecule has 3 aromatic carbocycles. The van der Waals surface area contributed by atoms with Crippen molar-refractivity contribution in [2.24, 2.45) is 0 Å². The van der Waals surface area contributed by atoms with Crippen molar-refractivity contribution in [2.75, 3.05) is 137 Å². The van der Waals surface area contributed by atoms with Crippen molar-refractivity contribution in [2.45, 2.75) is 112 Å². The van der Waals surface area contributed by atoms with Gasteiger partial charge in [0.25, 0.3) is 0 Å². The Kier molecular flexibility index (Phi) is 23.5. The molecule has 9 heterocycles. The van der Waals surface area contributed by atoms with Crippen molar-refractivity contribution in [3.05, 3.63) is 101 Å². The van der Waals surface area contributed by atoms with Crippen molar-refractivity contribution in [1.29, 1.82) is 0 Å². The SMILES string of the molecule is CS(=O)(=O)N1CCN(C(=O)Cc2ccc(Cl)c(Cl)c2)[C@H]2[C@H](N3CCCC3)COC[C@@H]21.CS(=O)(=O)N1CCN(C(=O)Cc2ccc(Cl)c(Cl)c2)[C@H]2[C@H]1COC[C@@H]2N1CCCC1.CS(=O)(=O)N1CCN(C(=O)Cc2ccc(Cl)c(Cl)c2)[C@H]2[C@H]1COC[C@@H]2N1CCCC1. The van der Waals surface area contributed by atoms with Gasteiger partial charge >= 0.3 is 0 Å². The summed E-state index contributed by atoms with van der Waals surface area (Å²) in [4.78, 5) is 52.7. The molecule has 3 amide bonds. The molecule has 9 saturated heterocycles. The van der Waals surface area contributed by atoms with Gasteiger partial charge in [0.2, 0.25) is 47.8 Å². The van der Waals surface area contributed by atoms with Gasteiger partial charge in [0.15, 0.2) is 0 Å². The summed E-state index contributed by atoms with van der Waals surface area (Å²) >= 11 is 36.4. The normalized spacial score (nSPS) is 28.5. The Bertz CT molecular complexity index is 3070. The van der Waals surface area contributed by atoms with E-state index in [1.165, 1.54) is 31.7 Å². The first-order valence-corrected chi connectivity index (χ1v) is 38.6. The molecule has 0 saturated carbocycles. The second-order valence-electron chi connectivity index (χ2n) is 24.9. The van der Waals surface area contributed by atoms with E-state index in [1.54, 1.807) is 54.6 Å². The quantitative estimate of drug-likeness (QED) is 0.216. The molecule has 0 radical (unpaired) electrons. The Morgan fingerprint density at radius 2 is 0.589 bits per heavy atom. The van der Waals surface area contributed by atoms with Crippen LogP contribution in [0.3, 0.4) is 0 Å². The minimum absolute atomic E-state index is 0.00597. The number of amides is 3. The second kappa shape index (κ2) is 30.2. The van der Waals surface area contributed by atoms with Crippen LogP contribution in [0.1, 0.15) is 55.2 Å². The van der Waals surface area contributed by atoms with Crippen LogP contribution in [0.5, 0.6) is 0 Å². The van der Waals surface area contributed by atoms with Gasteiger partial charge in [-0.1, -0.05) is 87.8 Å². The van der Waals surface area contributed by atoms with Gasteiger partial charge < -0.3 is 28.9 Å². The fraction of sp³-hybridized carbons (Fsp3) is 0.650. The third-order valence-corrected chi connectivity index (χ3v) is 25.2. The number of hydrogen-bond donors (Lipinski definition) is 0. The minimum atomic E-state index is -3.40. The summed E-state index contributed by atoms with van der Waals surface area (Å²) < 4.78 is 96.7. The molecule has 498 valence electrons. The summed E-state index contributed by atoms with van der Waals surface area (Å²) in [6.07, 6.45) is 11.0. The fourth-order valence-electron chi connectivity index (χ4n) is 14.9. The molecule has 30 heteroatoms. The second-order valence-corrected chi connectivity index (χ2v) is 33.1. The molecule has 9 aliphatic heterocycles. The average Bonchev–Trinajstić information content (AvgIpc) is 0.998. The third-order valence-electron chi connectivity index (χ3n) is 19.1. The number of sulfonamides is 3. The molecule has 0 N–H and O–H groups in total. The first-order valence-electron chi connectivity index (χ1n) is 30.8. The highest BCUT2D eigenvalue weighted by molar-refractivity contribution is 7.88. The number of hydrogen-bond acceptors (Lipinski definition) is 15. The molecular weight excluding hydrogens is 1350 g/mol. The monoisotopic (exact) mass is 1430 g/mol. The smallest absolute Gasteiger partial charge is 0.227 e. The Balaban J connectivity index is 0.000000148. The Morgan fingerprint density at radius 1 is 0.356 bits per heavy atom. The van der Waals surface area contributed by atoms with Gasteiger partial charge in [-0.15, -0.1) is 0 Å². The highest BCUT2D eigenvalue weighted by Gasteiger charge is 2.53. The number of fused-ring (bicyclic) bond motifs is 3. The van der Waals surface area contributed by atoms with Crippen LogP contribution in [-0.4, -0.2) is 277 Å². The predicted octanol–water partition coefficient (Wildman–Crippen LogP) is 5.61. The molecule has 0 unspecified atom stereocenters. The number of ether oxygens (including phenoxy) is 3. The first-order chi connectivity index (χ1) is 42.8. The molecule has 9 aliphatic rings. The maximum Gasteiger partial charge on any atom is 0.227 e. The maximum atomic E-state index is 13.4. The summed E-state index contributed by atoms with van der Waals surface area (Å²) in [5.41, 5.74) is 2.38. The van der Waals surface area contributed by atoms with Gasteiger partial charge in [0.05, 0.1) is 162 Å². The first kappa shape index (κ1) is 70.1. The van der Waals surface area contributed by atoms with E-state index in [0.29, 0.717) is 89.4 Å². The van der Waals surface area contributed by atoms with Crippen molar-refractivity contribution in [1.82, 2.24) is 42.3 Å². The number of nitrogens with zero attached hydrogens (tertiary/aromatic N) is 9. The van der Waals surface area contributed by atoms with Gasteiger partial charge in [-0.25, -0.2) is 25.3 Å². The van der Waals surface area contributed by atoms with E-state index in [1.807, 2.05) is 14.7 Å². The van der Waals surface area contributed by atoms with Crippen LogP contribution in [0, 0.1) is 0 Å². The van der Waals surface area contributed by atoms with Crippen LogP contribution in [0.15, 0.2) is 54.6 Å². The Hall–Kier alpha value is -2.70. The van der Waals surface area contributed by atoms with Crippen LogP contribution >= 0.6 is 69.6 Å². The van der Waals surface area contributed by atoms with E-state index in [0.717, 1.165) is 94.5 Å². The highest BCUT2D eigenvalue weighted by Crippen LogP contribution is 2.36. The molecule has 3 aromatic rings. The lowest BCUT2D eigenvalue weighted by molar-refractivity contribution is -0.147. The summed E-state index contributed by atoms with van der Waals surface area (Å²) in [5, 5.41) is 2.61. The molecule has 0 bridgehead atoms. The van der Waals surface area contributed by atoms with Crippen molar-refractivity contribution in [3.8, 4) is 0 Å². The number of carbonyl (C=O) groups is 3. The zero-order chi connectivity index (χ0) is 64.4. The molecular formula is C60H81Cl6N9O12S3. The number of rotatable bonds is 12. The third kappa shape index (κ3) is 16.4. The van der Waals surface area contributed by atoms with Gasteiger partial charge in [-0.05, 0) is 131 Å². The minimum Gasteiger partial charge on any atom is -0.378 e. The lowest BCUT2D eigenvalue weighted by atomic mass is 9.92. The molecule has 0 aliphatic carbocycles. The zero-order valence-electron chi connectivity index (χ0n) is 50.9. The van der Waals surface area contributed by atoms with E-state index in [4.69, 9.17) is 83.8 Å². The molecule has 9 fully saturated rings. The molecule has 21 nitrogen and oxygen atoms in total. The number of carbonyl (C=O) groups excluding carboxylic acids is 3. The fourth-order valence-corrected chi connectivity index (χ4v) is 19.2. The number of benzene rings is 3. The summed E-state index contributed by atoms with van der Waals surface area (Å²) in [5.74, 6) is -0.0760.